The van der Waals surface area contributed by atoms with E-state index in [-0.39, 0.29) is 0 Å². The molecule has 116 valence electrons. The Kier molecular flexibility index (Phi) is 5.09. The molecule has 0 amide bonds. The van der Waals surface area contributed by atoms with Crippen molar-refractivity contribution in [2.75, 3.05) is 38.1 Å². The number of piperidine rings is 2. The first-order valence-electron chi connectivity index (χ1n) is 8.45. The molecule has 0 atom stereocenters. The fourth-order valence-corrected chi connectivity index (χ4v) is 3.71. The molecule has 2 fully saturated rings. The number of rotatable bonds is 4. The van der Waals surface area contributed by atoms with Crippen LogP contribution in [0.2, 0.25) is 0 Å². The minimum atomic E-state index is 0.820. The minimum Gasteiger partial charge on any atom is -0.371 e. The van der Waals surface area contributed by atoms with E-state index in [4.69, 9.17) is 0 Å². The van der Waals surface area contributed by atoms with Gasteiger partial charge in [0.25, 0.3) is 0 Å². The predicted molar refractivity (Wildman–Crippen MR) is 87.7 cm³/mol. The summed E-state index contributed by atoms with van der Waals surface area (Å²) in [5.41, 5.74) is 2.47. The van der Waals surface area contributed by atoms with Crippen molar-refractivity contribution in [3.05, 3.63) is 24.0 Å². The van der Waals surface area contributed by atoms with E-state index in [0.29, 0.717) is 0 Å². The average Bonchev–Trinajstić information content (AvgIpc) is 2.56. The first kappa shape index (κ1) is 14.8. The summed E-state index contributed by atoms with van der Waals surface area (Å²) in [7, 11) is 1.97. The fourth-order valence-electron chi connectivity index (χ4n) is 3.71. The Labute approximate surface area is 128 Å². The largest absolute Gasteiger partial charge is 0.371 e. The molecule has 0 saturated carbocycles. The predicted octanol–water partition coefficient (Wildman–Crippen LogP) is 2.26. The zero-order valence-corrected chi connectivity index (χ0v) is 13.2. The van der Waals surface area contributed by atoms with Crippen LogP contribution in [0.4, 0.5) is 5.69 Å². The lowest BCUT2D eigenvalue weighted by Gasteiger charge is -2.41. The normalized spacial score (nSPS) is 21.7. The number of hydrogen-bond acceptors (Lipinski definition) is 4. The van der Waals surface area contributed by atoms with Gasteiger partial charge in [-0.3, -0.25) is 4.98 Å². The van der Waals surface area contributed by atoms with Gasteiger partial charge in [0.2, 0.25) is 0 Å². The molecule has 1 aromatic heterocycles. The number of nitrogens with zero attached hydrogens (tertiary/aromatic N) is 3. The van der Waals surface area contributed by atoms with Crippen LogP contribution in [-0.2, 0) is 6.54 Å². The lowest BCUT2D eigenvalue weighted by Crippen LogP contribution is -2.46. The molecule has 2 saturated heterocycles. The Bertz CT molecular complexity index is 434. The van der Waals surface area contributed by atoms with E-state index in [0.717, 1.165) is 18.3 Å². The lowest BCUT2D eigenvalue weighted by molar-refractivity contribution is 0.141. The third-order valence-corrected chi connectivity index (χ3v) is 4.89. The summed E-state index contributed by atoms with van der Waals surface area (Å²) in [5.74, 6) is 0. The van der Waals surface area contributed by atoms with Crippen molar-refractivity contribution in [2.24, 2.45) is 0 Å². The van der Waals surface area contributed by atoms with E-state index in [1.165, 1.54) is 64.0 Å². The highest BCUT2D eigenvalue weighted by Gasteiger charge is 2.25. The summed E-state index contributed by atoms with van der Waals surface area (Å²) >= 11 is 0. The Balaban J connectivity index is 1.56. The number of pyridine rings is 1. The summed E-state index contributed by atoms with van der Waals surface area (Å²) in [6, 6.07) is 5.21. The highest BCUT2D eigenvalue weighted by atomic mass is 15.2. The molecule has 3 heterocycles. The monoisotopic (exact) mass is 288 g/mol. The van der Waals surface area contributed by atoms with Crippen LogP contribution >= 0.6 is 0 Å². The van der Waals surface area contributed by atoms with Gasteiger partial charge in [0.1, 0.15) is 0 Å². The minimum absolute atomic E-state index is 0.820. The van der Waals surface area contributed by atoms with Gasteiger partial charge in [0, 0.05) is 37.6 Å². The maximum absolute atomic E-state index is 4.41. The molecule has 2 aliphatic rings. The lowest BCUT2D eigenvalue weighted by atomic mass is 9.99. The third kappa shape index (κ3) is 3.74. The highest BCUT2D eigenvalue weighted by molar-refractivity contribution is 5.47. The molecule has 0 aliphatic carbocycles. The summed E-state index contributed by atoms with van der Waals surface area (Å²) in [4.78, 5) is 9.68. The molecule has 0 spiro atoms. The maximum atomic E-state index is 4.41. The molecule has 0 unspecified atom stereocenters. The van der Waals surface area contributed by atoms with Crippen molar-refractivity contribution in [2.45, 2.75) is 44.7 Å². The van der Waals surface area contributed by atoms with E-state index in [1.807, 2.05) is 13.2 Å². The fraction of sp³-hybridized carbons (Fsp3) is 0.706. The van der Waals surface area contributed by atoms with E-state index in [9.17, 15) is 0 Å². The third-order valence-electron chi connectivity index (χ3n) is 4.89. The zero-order chi connectivity index (χ0) is 14.5. The second kappa shape index (κ2) is 7.23. The van der Waals surface area contributed by atoms with Crippen LogP contribution in [0.25, 0.3) is 0 Å². The number of hydrogen-bond donors (Lipinski definition) is 1. The molecule has 0 aromatic carbocycles. The molecule has 1 aromatic rings. The molecule has 1 N–H and O–H groups in total. The van der Waals surface area contributed by atoms with Crippen LogP contribution in [0, 0.1) is 0 Å². The van der Waals surface area contributed by atoms with Gasteiger partial charge >= 0.3 is 0 Å². The topological polar surface area (TPSA) is 31.4 Å². The summed E-state index contributed by atoms with van der Waals surface area (Å²) < 4.78 is 0. The number of anilines is 1. The van der Waals surface area contributed by atoms with Gasteiger partial charge in [-0.1, -0.05) is 6.42 Å². The second-order valence-corrected chi connectivity index (χ2v) is 6.35. The van der Waals surface area contributed by atoms with Crippen LogP contribution < -0.4 is 10.2 Å². The van der Waals surface area contributed by atoms with Crippen LogP contribution in [0.15, 0.2) is 18.3 Å². The SMILES string of the molecule is CNCc1cc(N2CCC(N3CCCCC3)CC2)ccn1. The molecular formula is C17H28N4. The van der Waals surface area contributed by atoms with Crippen molar-refractivity contribution >= 4 is 5.69 Å². The van der Waals surface area contributed by atoms with Crippen molar-refractivity contribution in [1.29, 1.82) is 0 Å². The Morgan fingerprint density at radius 2 is 1.90 bits per heavy atom. The highest BCUT2D eigenvalue weighted by Crippen LogP contribution is 2.24. The second-order valence-electron chi connectivity index (χ2n) is 6.35. The first-order chi connectivity index (χ1) is 10.4. The van der Waals surface area contributed by atoms with E-state index >= 15 is 0 Å². The van der Waals surface area contributed by atoms with Crippen LogP contribution in [0.5, 0.6) is 0 Å². The van der Waals surface area contributed by atoms with Crippen LogP contribution in [0.3, 0.4) is 0 Å². The Hall–Kier alpha value is -1.13. The van der Waals surface area contributed by atoms with Crippen molar-refractivity contribution in [1.82, 2.24) is 15.2 Å². The van der Waals surface area contributed by atoms with Gasteiger partial charge in [-0.15, -0.1) is 0 Å². The molecule has 21 heavy (non-hydrogen) atoms. The number of aromatic nitrogens is 1. The maximum Gasteiger partial charge on any atom is 0.0562 e. The molecule has 4 heteroatoms. The summed E-state index contributed by atoms with van der Waals surface area (Å²) in [6.07, 6.45) is 8.79. The standard InChI is InChI=1S/C17H28N4/c1-18-14-15-13-17(5-8-19-15)21-11-6-16(7-12-21)20-9-3-2-4-10-20/h5,8,13,16,18H,2-4,6-7,9-12,14H2,1H3. The van der Waals surface area contributed by atoms with E-state index in [1.54, 1.807) is 0 Å². The van der Waals surface area contributed by atoms with E-state index in [2.05, 4.69) is 32.2 Å². The molecule has 0 bridgehead atoms. The van der Waals surface area contributed by atoms with Crippen LogP contribution in [0.1, 0.15) is 37.8 Å². The molecule has 3 rings (SSSR count). The van der Waals surface area contributed by atoms with Gasteiger partial charge in [0.15, 0.2) is 0 Å². The quantitative estimate of drug-likeness (QED) is 0.921. The van der Waals surface area contributed by atoms with Gasteiger partial charge in [-0.25, -0.2) is 0 Å². The molecule has 4 nitrogen and oxygen atoms in total. The van der Waals surface area contributed by atoms with Gasteiger partial charge in [-0.05, 0) is 58.0 Å². The van der Waals surface area contributed by atoms with Gasteiger partial charge < -0.3 is 15.1 Å². The summed E-state index contributed by atoms with van der Waals surface area (Å²) in [5, 5.41) is 3.18. The smallest absolute Gasteiger partial charge is 0.0562 e. The van der Waals surface area contributed by atoms with Crippen molar-refractivity contribution < 1.29 is 0 Å². The van der Waals surface area contributed by atoms with Crippen molar-refractivity contribution in [3.8, 4) is 0 Å². The Morgan fingerprint density at radius 3 is 2.62 bits per heavy atom. The Morgan fingerprint density at radius 1 is 1.14 bits per heavy atom. The zero-order valence-electron chi connectivity index (χ0n) is 13.2. The number of likely N-dealkylation sites (tertiary alicyclic amines) is 1. The molecule has 2 aliphatic heterocycles. The average molecular weight is 288 g/mol. The summed E-state index contributed by atoms with van der Waals surface area (Å²) in [6.45, 7) is 5.87. The molecule has 0 radical (unpaired) electrons. The van der Waals surface area contributed by atoms with Crippen LogP contribution in [-0.4, -0.2) is 49.2 Å². The first-order valence-corrected chi connectivity index (χ1v) is 8.45. The van der Waals surface area contributed by atoms with Crippen molar-refractivity contribution in [3.63, 3.8) is 0 Å². The van der Waals surface area contributed by atoms with Gasteiger partial charge in [0.05, 0.1) is 5.69 Å². The van der Waals surface area contributed by atoms with Gasteiger partial charge in [-0.2, -0.15) is 0 Å². The number of nitrogens with one attached hydrogen (secondary N) is 1. The molecular weight excluding hydrogens is 260 g/mol. The van der Waals surface area contributed by atoms with E-state index < -0.39 is 0 Å².